The Morgan fingerprint density at radius 3 is 2.38 bits per heavy atom. The van der Waals surface area contributed by atoms with E-state index in [0.29, 0.717) is 11.1 Å². The summed E-state index contributed by atoms with van der Waals surface area (Å²) in [7, 11) is -3.72. The number of benzene rings is 3. The van der Waals surface area contributed by atoms with Gasteiger partial charge in [0, 0.05) is 24.9 Å². The van der Waals surface area contributed by atoms with E-state index < -0.39 is 22.0 Å². The maximum absolute atomic E-state index is 12.9. The van der Waals surface area contributed by atoms with Gasteiger partial charge in [-0.1, -0.05) is 54.6 Å². The molecule has 2 N–H and O–H groups in total. The van der Waals surface area contributed by atoms with Gasteiger partial charge in [0.15, 0.2) is 0 Å². The van der Waals surface area contributed by atoms with Gasteiger partial charge in [0.1, 0.15) is 0 Å². The van der Waals surface area contributed by atoms with Crippen molar-refractivity contribution in [3.05, 3.63) is 72.3 Å². The molecule has 0 saturated heterocycles. The molecule has 4 rings (SSSR count). The highest BCUT2D eigenvalue weighted by molar-refractivity contribution is 7.93. The molecule has 3 aromatic rings. The van der Waals surface area contributed by atoms with E-state index in [1.807, 2.05) is 42.5 Å². The van der Waals surface area contributed by atoms with E-state index in [2.05, 4.69) is 10.6 Å². The second kappa shape index (κ2) is 7.56. The lowest BCUT2D eigenvalue weighted by atomic mass is 10.1. The first-order valence-electron chi connectivity index (χ1n) is 9.13. The molecule has 0 aliphatic carbocycles. The van der Waals surface area contributed by atoms with E-state index in [9.17, 15) is 18.0 Å². The number of sulfonamides is 1. The van der Waals surface area contributed by atoms with Gasteiger partial charge in [0.25, 0.3) is 10.0 Å². The van der Waals surface area contributed by atoms with E-state index in [1.165, 1.54) is 4.31 Å². The third kappa shape index (κ3) is 3.66. The molecule has 0 radical (unpaired) electrons. The van der Waals surface area contributed by atoms with E-state index in [0.717, 1.165) is 10.9 Å². The van der Waals surface area contributed by atoms with Crippen LogP contribution in [-0.4, -0.2) is 26.9 Å². The maximum Gasteiger partial charge on any atom is 0.321 e. The van der Waals surface area contributed by atoms with Gasteiger partial charge in [-0.2, -0.15) is 0 Å². The fourth-order valence-corrected chi connectivity index (χ4v) is 5.12. The number of nitrogens with zero attached hydrogens (tertiary/aromatic N) is 1. The van der Waals surface area contributed by atoms with Crippen molar-refractivity contribution in [1.29, 1.82) is 0 Å². The molecule has 0 spiro atoms. The molecule has 1 heterocycles. The Morgan fingerprint density at radius 2 is 1.62 bits per heavy atom. The van der Waals surface area contributed by atoms with Crippen LogP contribution < -0.4 is 14.9 Å². The summed E-state index contributed by atoms with van der Waals surface area (Å²) < 4.78 is 27.0. The smallest absolute Gasteiger partial charge is 0.321 e. The molecule has 8 heteroatoms. The molecule has 0 bridgehead atoms. The number of carbonyl (C=O) groups excluding carboxylic acids is 2. The average molecular weight is 409 g/mol. The predicted molar refractivity (Wildman–Crippen MR) is 110 cm³/mol. The first kappa shape index (κ1) is 18.9. The van der Waals surface area contributed by atoms with Crippen LogP contribution in [0.2, 0.25) is 0 Å². The number of nitrogens with one attached hydrogen (secondary N) is 2. The second-order valence-electron chi connectivity index (χ2n) is 6.68. The fourth-order valence-electron chi connectivity index (χ4n) is 3.41. The molecule has 0 aromatic heterocycles. The lowest BCUT2D eigenvalue weighted by Crippen LogP contribution is -2.40. The van der Waals surface area contributed by atoms with Crippen molar-refractivity contribution < 1.29 is 18.0 Å². The van der Waals surface area contributed by atoms with Crippen molar-refractivity contribution in [3.8, 4) is 0 Å². The second-order valence-corrected chi connectivity index (χ2v) is 8.51. The molecule has 0 unspecified atom stereocenters. The standard InChI is InChI=1S/C21H19N3O4S/c25-19(23-21(26)22-14-15-6-2-1-3-7-15)12-13-24-17-10-4-8-16-9-5-11-18(20(16)17)29(24,27)28/h1-11H,12-14H2,(H2,22,23,25,26). The zero-order valence-electron chi connectivity index (χ0n) is 15.5. The van der Waals surface area contributed by atoms with Crippen LogP contribution in [0.25, 0.3) is 10.8 Å². The van der Waals surface area contributed by atoms with Crippen LogP contribution in [0.15, 0.2) is 71.6 Å². The molecule has 0 atom stereocenters. The van der Waals surface area contributed by atoms with Gasteiger partial charge in [-0.15, -0.1) is 0 Å². The number of amides is 3. The zero-order valence-corrected chi connectivity index (χ0v) is 16.3. The summed E-state index contributed by atoms with van der Waals surface area (Å²) in [5.74, 6) is -0.547. The molecule has 0 fully saturated rings. The van der Waals surface area contributed by atoms with Crippen LogP contribution in [0.3, 0.4) is 0 Å². The van der Waals surface area contributed by atoms with Crippen molar-refractivity contribution in [3.63, 3.8) is 0 Å². The molecule has 0 saturated carbocycles. The Balaban J connectivity index is 1.39. The number of hydrogen-bond donors (Lipinski definition) is 2. The minimum absolute atomic E-state index is 0.0477. The molecule has 148 valence electrons. The van der Waals surface area contributed by atoms with Gasteiger partial charge in [-0.25, -0.2) is 13.2 Å². The first-order valence-corrected chi connectivity index (χ1v) is 10.6. The number of anilines is 1. The molecule has 1 aliphatic rings. The van der Waals surface area contributed by atoms with E-state index >= 15 is 0 Å². The number of rotatable bonds is 5. The van der Waals surface area contributed by atoms with E-state index in [-0.39, 0.29) is 24.4 Å². The van der Waals surface area contributed by atoms with Crippen LogP contribution in [0, 0.1) is 0 Å². The summed E-state index contributed by atoms with van der Waals surface area (Å²) in [5, 5.41) is 6.33. The lowest BCUT2D eigenvalue weighted by molar-refractivity contribution is -0.119. The average Bonchev–Trinajstić information content (AvgIpc) is 2.94. The van der Waals surface area contributed by atoms with Gasteiger partial charge in [0.2, 0.25) is 5.91 Å². The minimum Gasteiger partial charge on any atom is -0.334 e. The van der Waals surface area contributed by atoms with Gasteiger partial charge in [-0.3, -0.25) is 14.4 Å². The van der Waals surface area contributed by atoms with Crippen LogP contribution in [0.1, 0.15) is 12.0 Å². The van der Waals surface area contributed by atoms with Crippen molar-refractivity contribution in [1.82, 2.24) is 10.6 Å². The highest BCUT2D eigenvalue weighted by Gasteiger charge is 2.35. The minimum atomic E-state index is -3.72. The SMILES string of the molecule is O=C(CCN1c2cccc3cccc(c23)S1(=O)=O)NC(=O)NCc1ccccc1. The Bertz CT molecular complexity index is 1190. The fraction of sp³-hybridized carbons (Fsp3) is 0.143. The Morgan fingerprint density at radius 1 is 0.897 bits per heavy atom. The largest absolute Gasteiger partial charge is 0.334 e. The van der Waals surface area contributed by atoms with Gasteiger partial charge < -0.3 is 5.32 Å². The third-order valence-electron chi connectivity index (χ3n) is 4.77. The summed E-state index contributed by atoms with van der Waals surface area (Å²) in [6.07, 6.45) is -0.137. The monoisotopic (exact) mass is 409 g/mol. The summed E-state index contributed by atoms with van der Waals surface area (Å²) in [4.78, 5) is 24.3. The normalized spacial score (nSPS) is 14.0. The lowest BCUT2D eigenvalue weighted by Gasteiger charge is -2.18. The van der Waals surface area contributed by atoms with Crippen molar-refractivity contribution in [2.24, 2.45) is 0 Å². The van der Waals surface area contributed by atoms with E-state index in [1.54, 1.807) is 24.3 Å². The zero-order chi connectivity index (χ0) is 20.4. The summed E-state index contributed by atoms with van der Waals surface area (Å²) >= 11 is 0. The number of hydrogen-bond acceptors (Lipinski definition) is 4. The number of imide groups is 1. The third-order valence-corrected chi connectivity index (χ3v) is 6.63. The number of carbonyl (C=O) groups is 2. The Labute approximate surface area is 168 Å². The van der Waals surface area contributed by atoms with Crippen LogP contribution in [-0.2, 0) is 21.4 Å². The Kier molecular flexibility index (Phi) is 4.94. The summed E-state index contributed by atoms with van der Waals surface area (Å²) in [6, 6.07) is 19.2. The molecule has 7 nitrogen and oxygen atoms in total. The summed E-state index contributed by atoms with van der Waals surface area (Å²) in [6.45, 7) is 0.242. The van der Waals surface area contributed by atoms with Crippen LogP contribution >= 0.6 is 0 Å². The van der Waals surface area contributed by atoms with Gasteiger partial charge in [-0.05, 0) is 23.1 Å². The van der Waals surface area contributed by atoms with E-state index in [4.69, 9.17) is 0 Å². The quantitative estimate of drug-likeness (QED) is 0.677. The van der Waals surface area contributed by atoms with Crippen molar-refractivity contribution in [2.75, 3.05) is 10.8 Å². The van der Waals surface area contributed by atoms with Crippen LogP contribution in [0.5, 0.6) is 0 Å². The van der Waals surface area contributed by atoms with Crippen molar-refractivity contribution >= 4 is 38.4 Å². The highest BCUT2D eigenvalue weighted by Crippen LogP contribution is 2.41. The summed E-state index contributed by atoms with van der Waals surface area (Å²) in [5.41, 5.74) is 1.46. The van der Waals surface area contributed by atoms with Gasteiger partial charge in [0.05, 0.1) is 10.6 Å². The highest BCUT2D eigenvalue weighted by atomic mass is 32.2. The molecular formula is C21H19N3O4S. The molecule has 1 aliphatic heterocycles. The topological polar surface area (TPSA) is 95.6 Å². The number of urea groups is 1. The molecular weight excluding hydrogens is 390 g/mol. The maximum atomic E-state index is 12.9. The Hall–Kier alpha value is -3.39. The molecule has 3 amide bonds. The molecule has 3 aromatic carbocycles. The van der Waals surface area contributed by atoms with Crippen LogP contribution in [0.4, 0.5) is 10.5 Å². The van der Waals surface area contributed by atoms with Crippen molar-refractivity contribution in [2.45, 2.75) is 17.9 Å². The molecule has 29 heavy (non-hydrogen) atoms. The first-order chi connectivity index (χ1) is 14.0. The van der Waals surface area contributed by atoms with Gasteiger partial charge >= 0.3 is 6.03 Å². The predicted octanol–water partition coefficient (Wildman–Crippen LogP) is 2.76.